The molecule has 6 nitrogen and oxygen atoms in total. The summed E-state index contributed by atoms with van der Waals surface area (Å²) in [6.07, 6.45) is 2.05. The van der Waals surface area contributed by atoms with E-state index in [1.54, 1.807) is 0 Å². The number of carbonyl (C=O) groups is 1. The second kappa shape index (κ2) is 11.1. The first-order valence-corrected chi connectivity index (χ1v) is 13.0. The second-order valence-electron chi connectivity index (χ2n) is 7.69. The van der Waals surface area contributed by atoms with Gasteiger partial charge in [-0.3, -0.25) is 4.79 Å². The van der Waals surface area contributed by atoms with E-state index < -0.39 is 10.0 Å². The van der Waals surface area contributed by atoms with Gasteiger partial charge in [-0.25, -0.2) is 12.7 Å². The molecule has 1 aliphatic rings. The maximum atomic E-state index is 12.7. The molecule has 0 aliphatic carbocycles. The quantitative estimate of drug-likeness (QED) is 0.523. The lowest BCUT2D eigenvalue weighted by atomic mass is 9.97. The normalized spacial score (nSPS) is 15.5. The van der Waals surface area contributed by atoms with Crippen molar-refractivity contribution < 1.29 is 17.9 Å². The minimum atomic E-state index is -3.39. The fraction of sp³-hybridized carbons (Fsp3) is 0.435. The molecular weight excluding hydrogens is 480 g/mol. The molecular formula is C23H29BrN2O4S. The van der Waals surface area contributed by atoms with Gasteiger partial charge in [0.25, 0.3) is 0 Å². The van der Waals surface area contributed by atoms with E-state index in [-0.39, 0.29) is 17.6 Å². The van der Waals surface area contributed by atoms with E-state index in [0.29, 0.717) is 39.1 Å². The zero-order valence-electron chi connectivity index (χ0n) is 17.7. The van der Waals surface area contributed by atoms with Crippen molar-refractivity contribution >= 4 is 31.9 Å². The number of nitrogens with zero attached hydrogens (tertiary/aromatic N) is 1. The molecule has 3 rings (SSSR count). The predicted octanol–water partition coefficient (Wildman–Crippen LogP) is 3.75. The Morgan fingerprint density at radius 2 is 1.68 bits per heavy atom. The van der Waals surface area contributed by atoms with Crippen molar-refractivity contribution in [2.75, 3.05) is 26.2 Å². The van der Waals surface area contributed by atoms with Crippen molar-refractivity contribution in [3.63, 3.8) is 0 Å². The van der Waals surface area contributed by atoms with E-state index in [0.717, 1.165) is 22.2 Å². The fourth-order valence-corrected chi connectivity index (χ4v) is 5.42. The average molecular weight is 509 g/mol. The van der Waals surface area contributed by atoms with Gasteiger partial charge in [0.15, 0.2) is 0 Å². The lowest BCUT2D eigenvalue weighted by Crippen LogP contribution is -2.43. The molecule has 8 heteroatoms. The Hall–Kier alpha value is -1.90. The molecule has 0 bridgehead atoms. The summed E-state index contributed by atoms with van der Waals surface area (Å²) in [6.45, 7) is 3.68. The van der Waals surface area contributed by atoms with Gasteiger partial charge in [-0.1, -0.05) is 47.1 Å². The van der Waals surface area contributed by atoms with Crippen molar-refractivity contribution in [2.24, 2.45) is 5.92 Å². The van der Waals surface area contributed by atoms with Crippen molar-refractivity contribution in [1.29, 1.82) is 0 Å². The number of ether oxygens (including phenoxy) is 1. The largest absolute Gasteiger partial charge is 0.492 e. The van der Waals surface area contributed by atoms with Gasteiger partial charge in [-0.2, -0.15) is 0 Å². The molecule has 0 spiro atoms. The summed E-state index contributed by atoms with van der Waals surface area (Å²) < 4.78 is 33.5. The summed E-state index contributed by atoms with van der Waals surface area (Å²) in [7, 11) is -3.39. The topological polar surface area (TPSA) is 75.7 Å². The van der Waals surface area contributed by atoms with Crippen LogP contribution in [0, 0.1) is 5.92 Å². The first-order chi connectivity index (χ1) is 14.9. The molecule has 168 valence electrons. The number of sulfonamides is 1. The zero-order valence-corrected chi connectivity index (χ0v) is 20.1. The standard InChI is InChI=1S/C23H29BrN2O4S/c1-2-18-5-9-22(10-6-18)30-16-13-25-23(27)20-11-14-26(15-12-20)31(28,29)17-19-3-7-21(24)8-4-19/h3-10,20H,2,11-17H2,1H3,(H,25,27). The van der Waals surface area contributed by atoms with Crippen LogP contribution in [0.1, 0.15) is 30.9 Å². The Balaban J connectivity index is 1.39. The van der Waals surface area contributed by atoms with E-state index in [1.807, 2.05) is 48.5 Å². The molecule has 0 unspecified atom stereocenters. The Kier molecular flexibility index (Phi) is 8.51. The van der Waals surface area contributed by atoms with Gasteiger partial charge in [0, 0.05) is 23.5 Å². The molecule has 1 N–H and O–H groups in total. The maximum absolute atomic E-state index is 12.7. The first kappa shape index (κ1) is 23.8. The molecule has 2 aromatic carbocycles. The number of amides is 1. The number of nitrogens with one attached hydrogen (secondary N) is 1. The molecule has 31 heavy (non-hydrogen) atoms. The van der Waals surface area contributed by atoms with Crippen LogP contribution >= 0.6 is 15.9 Å². The Bertz CT molecular complexity index is 954. The summed E-state index contributed by atoms with van der Waals surface area (Å²) in [5, 5.41) is 2.91. The molecule has 0 aromatic heterocycles. The molecule has 1 aliphatic heterocycles. The van der Waals surface area contributed by atoms with Gasteiger partial charge in [-0.15, -0.1) is 0 Å². The molecule has 1 amide bonds. The molecule has 0 atom stereocenters. The number of aryl methyl sites for hydroxylation is 1. The lowest BCUT2D eigenvalue weighted by Gasteiger charge is -2.30. The van der Waals surface area contributed by atoms with Crippen LogP contribution in [0.25, 0.3) is 0 Å². The second-order valence-corrected chi connectivity index (χ2v) is 10.6. The summed E-state index contributed by atoms with van der Waals surface area (Å²) in [4.78, 5) is 12.4. The van der Waals surface area contributed by atoms with E-state index in [9.17, 15) is 13.2 Å². The van der Waals surface area contributed by atoms with Gasteiger partial charge < -0.3 is 10.1 Å². The minimum absolute atomic E-state index is 0.0201. The maximum Gasteiger partial charge on any atom is 0.223 e. The van der Waals surface area contributed by atoms with Gasteiger partial charge >= 0.3 is 0 Å². The highest BCUT2D eigenvalue weighted by Gasteiger charge is 2.31. The van der Waals surface area contributed by atoms with Crippen LogP contribution < -0.4 is 10.1 Å². The Morgan fingerprint density at radius 3 is 2.29 bits per heavy atom. The predicted molar refractivity (Wildman–Crippen MR) is 125 cm³/mol. The van der Waals surface area contributed by atoms with Gasteiger partial charge in [-0.05, 0) is 54.7 Å². The SMILES string of the molecule is CCc1ccc(OCCNC(=O)C2CCN(S(=O)(=O)Cc3ccc(Br)cc3)CC2)cc1. The van der Waals surface area contributed by atoms with Crippen LogP contribution in [0.15, 0.2) is 53.0 Å². The zero-order chi connectivity index (χ0) is 22.3. The van der Waals surface area contributed by atoms with E-state index in [4.69, 9.17) is 4.74 Å². The van der Waals surface area contributed by atoms with Crippen molar-refractivity contribution in [3.8, 4) is 5.75 Å². The van der Waals surface area contributed by atoms with E-state index in [2.05, 4.69) is 28.2 Å². The molecule has 1 saturated heterocycles. The van der Waals surface area contributed by atoms with Gasteiger partial charge in [0.2, 0.25) is 15.9 Å². The smallest absolute Gasteiger partial charge is 0.223 e. The monoisotopic (exact) mass is 508 g/mol. The number of benzene rings is 2. The van der Waals surface area contributed by atoms with E-state index in [1.165, 1.54) is 9.87 Å². The average Bonchev–Trinajstić information content (AvgIpc) is 2.78. The summed E-state index contributed by atoms with van der Waals surface area (Å²) in [5.74, 6) is 0.571. The Labute approximate surface area is 193 Å². The highest BCUT2D eigenvalue weighted by molar-refractivity contribution is 9.10. The number of carbonyl (C=O) groups excluding carboxylic acids is 1. The number of hydrogen-bond acceptors (Lipinski definition) is 4. The van der Waals surface area contributed by atoms with Crippen LogP contribution in [0.5, 0.6) is 5.75 Å². The van der Waals surface area contributed by atoms with Crippen LogP contribution in [-0.4, -0.2) is 44.9 Å². The molecule has 2 aromatic rings. The van der Waals surface area contributed by atoms with Gasteiger partial charge in [0.1, 0.15) is 12.4 Å². The van der Waals surface area contributed by atoms with Crippen molar-refractivity contribution in [2.45, 2.75) is 31.9 Å². The molecule has 1 fully saturated rings. The fourth-order valence-electron chi connectivity index (χ4n) is 3.59. The van der Waals surface area contributed by atoms with Crippen molar-refractivity contribution in [3.05, 3.63) is 64.1 Å². The summed E-state index contributed by atoms with van der Waals surface area (Å²) in [6, 6.07) is 15.2. The lowest BCUT2D eigenvalue weighted by molar-refractivity contribution is -0.126. The van der Waals surface area contributed by atoms with Crippen LogP contribution in [0.2, 0.25) is 0 Å². The number of piperidine rings is 1. The van der Waals surface area contributed by atoms with Gasteiger partial charge in [0.05, 0.1) is 12.3 Å². The highest BCUT2D eigenvalue weighted by Crippen LogP contribution is 2.22. The summed E-state index contributed by atoms with van der Waals surface area (Å²) in [5.41, 5.74) is 2.01. The Morgan fingerprint density at radius 1 is 1.06 bits per heavy atom. The third-order valence-corrected chi connectivity index (χ3v) is 7.86. The summed E-state index contributed by atoms with van der Waals surface area (Å²) >= 11 is 3.36. The minimum Gasteiger partial charge on any atom is -0.492 e. The number of halogens is 1. The first-order valence-electron chi connectivity index (χ1n) is 10.6. The number of hydrogen-bond donors (Lipinski definition) is 1. The third-order valence-electron chi connectivity index (χ3n) is 5.48. The van der Waals surface area contributed by atoms with Crippen LogP contribution in [0.4, 0.5) is 0 Å². The van der Waals surface area contributed by atoms with Crippen molar-refractivity contribution in [1.82, 2.24) is 9.62 Å². The van der Waals surface area contributed by atoms with Crippen LogP contribution in [0.3, 0.4) is 0 Å². The molecule has 1 heterocycles. The number of rotatable bonds is 9. The molecule has 0 radical (unpaired) electrons. The third kappa shape index (κ3) is 7.05. The van der Waals surface area contributed by atoms with E-state index >= 15 is 0 Å². The highest BCUT2D eigenvalue weighted by atomic mass is 79.9. The molecule has 0 saturated carbocycles. The van der Waals surface area contributed by atoms with Crippen LogP contribution in [-0.2, 0) is 27.0 Å².